The van der Waals surface area contributed by atoms with Crippen LogP contribution in [-0.4, -0.2) is 15.2 Å². The summed E-state index contributed by atoms with van der Waals surface area (Å²) in [5.41, 5.74) is 2.46. The van der Waals surface area contributed by atoms with Crippen LogP contribution >= 0.6 is 35.2 Å². The van der Waals surface area contributed by atoms with Crippen LogP contribution in [0.25, 0.3) is 11.0 Å². The van der Waals surface area contributed by atoms with E-state index in [1.54, 1.807) is 29.2 Å². The molecule has 4 nitrogen and oxygen atoms in total. The van der Waals surface area contributed by atoms with Gasteiger partial charge >= 0.3 is 0 Å². The predicted octanol–water partition coefficient (Wildman–Crippen LogP) is 2.94. The standard InChI is InChI=1S/C9H7IN2O2S/c1-6-4-12(15-14-10)9-8(6)2-7(5-13)3-11-9/h2-5H,1H3. The lowest BCUT2D eigenvalue weighted by Crippen LogP contribution is -1.88. The number of aryl methyl sites for hydroxylation is 1. The first-order valence-electron chi connectivity index (χ1n) is 4.15. The number of hydrogen-bond acceptors (Lipinski definition) is 4. The zero-order chi connectivity index (χ0) is 10.8. The molecular weight excluding hydrogens is 327 g/mol. The van der Waals surface area contributed by atoms with Crippen molar-refractivity contribution in [2.75, 3.05) is 0 Å². The second-order valence-corrected chi connectivity index (χ2v) is 4.78. The third-order valence-corrected chi connectivity index (χ3v) is 3.05. The van der Waals surface area contributed by atoms with Crippen molar-refractivity contribution in [2.45, 2.75) is 6.92 Å². The van der Waals surface area contributed by atoms with Crippen molar-refractivity contribution in [3.8, 4) is 0 Å². The van der Waals surface area contributed by atoms with Crippen molar-refractivity contribution in [3.63, 3.8) is 0 Å². The van der Waals surface area contributed by atoms with Crippen LogP contribution in [0.4, 0.5) is 0 Å². The Kier molecular flexibility index (Phi) is 3.27. The summed E-state index contributed by atoms with van der Waals surface area (Å²) in [5.74, 6) is 0. The average molecular weight is 334 g/mol. The van der Waals surface area contributed by atoms with E-state index in [9.17, 15) is 4.79 Å². The van der Waals surface area contributed by atoms with E-state index < -0.39 is 0 Å². The number of aromatic nitrogens is 2. The molecule has 2 aromatic heterocycles. The highest BCUT2D eigenvalue weighted by atomic mass is 127. The van der Waals surface area contributed by atoms with Gasteiger partial charge in [0, 0.05) is 23.3 Å². The van der Waals surface area contributed by atoms with E-state index in [1.165, 1.54) is 12.2 Å². The van der Waals surface area contributed by atoms with Gasteiger partial charge in [0.15, 0.2) is 11.9 Å². The number of carbonyl (C=O) groups excluding carboxylic acids is 1. The van der Waals surface area contributed by atoms with Crippen LogP contribution in [0, 0.1) is 6.92 Å². The molecule has 0 bridgehead atoms. The summed E-state index contributed by atoms with van der Waals surface area (Å²) in [6.45, 7) is 1.98. The Morgan fingerprint density at radius 1 is 1.67 bits per heavy atom. The highest BCUT2D eigenvalue weighted by Crippen LogP contribution is 2.25. The Morgan fingerprint density at radius 2 is 2.47 bits per heavy atom. The Balaban J connectivity index is 2.63. The molecule has 0 unspecified atom stereocenters. The van der Waals surface area contributed by atoms with E-state index in [4.69, 9.17) is 2.51 Å². The van der Waals surface area contributed by atoms with Crippen molar-refractivity contribution in [1.82, 2.24) is 8.96 Å². The lowest BCUT2D eigenvalue weighted by molar-refractivity contribution is 0.112. The van der Waals surface area contributed by atoms with Gasteiger partial charge in [-0.3, -0.25) is 8.77 Å². The quantitative estimate of drug-likeness (QED) is 0.492. The maximum absolute atomic E-state index is 10.6. The number of aldehydes is 1. The van der Waals surface area contributed by atoms with E-state index in [0.29, 0.717) is 5.56 Å². The first-order valence-corrected chi connectivity index (χ1v) is 5.73. The number of carbonyl (C=O) groups is 1. The fourth-order valence-electron chi connectivity index (χ4n) is 1.40. The second kappa shape index (κ2) is 4.50. The van der Waals surface area contributed by atoms with Crippen molar-refractivity contribution in [3.05, 3.63) is 29.6 Å². The number of rotatable bonds is 3. The predicted molar refractivity (Wildman–Crippen MR) is 68.0 cm³/mol. The van der Waals surface area contributed by atoms with Crippen molar-refractivity contribution in [2.24, 2.45) is 0 Å². The van der Waals surface area contributed by atoms with E-state index in [-0.39, 0.29) is 0 Å². The second-order valence-electron chi connectivity index (χ2n) is 3.03. The topological polar surface area (TPSA) is 44.1 Å². The van der Waals surface area contributed by atoms with Gasteiger partial charge in [0.1, 0.15) is 35.2 Å². The minimum absolute atomic E-state index is 0.587. The fraction of sp³-hybridized carbons (Fsp3) is 0.111. The maximum Gasteiger partial charge on any atom is 0.151 e. The molecule has 6 heteroatoms. The zero-order valence-electron chi connectivity index (χ0n) is 7.81. The number of hydrogen-bond donors (Lipinski definition) is 0. The van der Waals surface area contributed by atoms with Gasteiger partial charge in [0.2, 0.25) is 0 Å². The molecule has 2 rings (SSSR count). The van der Waals surface area contributed by atoms with Gasteiger partial charge in [-0.1, -0.05) is 0 Å². The van der Waals surface area contributed by atoms with Crippen molar-refractivity contribution < 1.29 is 7.31 Å². The van der Waals surface area contributed by atoms with E-state index >= 15 is 0 Å². The first-order chi connectivity index (χ1) is 7.26. The van der Waals surface area contributed by atoms with Crippen LogP contribution in [0.2, 0.25) is 0 Å². The summed E-state index contributed by atoms with van der Waals surface area (Å²) in [6.07, 6.45) is 4.28. The molecule has 0 fully saturated rings. The van der Waals surface area contributed by atoms with Gasteiger partial charge in [0.25, 0.3) is 0 Å². The minimum Gasteiger partial charge on any atom is -0.298 e. The highest BCUT2D eigenvalue weighted by molar-refractivity contribution is 14.1. The Hall–Kier alpha value is -0.600. The molecule has 0 atom stereocenters. The summed E-state index contributed by atoms with van der Waals surface area (Å²) >= 11 is 3.00. The molecule has 0 amide bonds. The molecule has 0 N–H and O–H groups in total. The minimum atomic E-state index is 0.587. The molecule has 2 aromatic rings. The fourth-order valence-corrected chi connectivity index (χ4v) is 2.40. The van der Waals surface area contributed by atoms with Crippen LogP contribution in [0.3, 0.4) is 0 Å². The smallest absolute Gasteiger partial charge is 0.151 e. The van der Waals surface area contributed by atoms with Crippen LogP contribution in [-0.2, 0) is 2.51 Å². The number of halogens is 1. The normalized spacial score (nSPS) is 10.8. The molecule has 0 saturated carbocycles. The van der Waals surface area contributed by atoms with E-state index in [2.05, 4.69) is 4.98 Å². The van der Waals surface area contributed by atoms with Gasteiger partial charge in [-0.2, -0.15) is 0 Å². The largest absolute Gasteiger partial charge is 0.298 e. The maximum atomic E-state index is 10.6. The molecule has 0 aliphatic carbocycles. The molecule has 0 aliphatic heterocycles. The molecule has 0 aliphatic rings. The van der Waals surface area contributed by atoms with Gasteiger partial charge < -0.3 is 0 Å². The van der Waals surface area contributed by atoms with Crippen LogP contribution in [0.1, 0.15) is 15.9 Å². The van der Waals surface area contributed by atoms with Crippen molar-refractivity contribution in [1.29, 1.82) is 0 Å². The Morgan fingerprint density at radius 3 is 3.13 bits per heavy atom. The zero-order valence-corrected chi connectivity index (χ0v) is 10.8. The molecule has 0 radical (unpaired) electrons. The molecule has 78 valence electrons. The van der Waals surface area contributed by atoms with Gasteiger partial charge in [-0.05, 0) is 18.6 Å². The van der Waals surface area contributed by atoms with Crippen LogP contribution in [0.5, 0.6) is 0 Å². The van der Waals surface area contributed by atoms with Crippen LogP contribution in [0.15, 0.2) is 18.5 Å². The summed E-state index contributed by atoms with van der Waals surface area (Å²) in [7, 11) is 0. The molecule has 2 heterocycles. The highest BCUT2D eigenvalue weighted by Gasteiger charge is 2.08. The van der Waals surface area contributed by atoms with Gasteiger partial charge in [0.05, 0.1) is 0 Å². The van der Waals surface area contributed by atoms with Gasteiger partial charge in [-0.15, -0.1) is 0 Å². The summed E-state index contributed by atoms with van der Waals surface area (Å²) in [5, 5.41) is 0.973. The molecule has 0 aromatic carbocycles. The number of pyridine rings is 1. The molecule has 0 spiro atoms. The lowest BCUT2D eigenvalue weighted by atomic mass is 10.2. The van der Waals surface area contributed by atoms with Gasteiger partial charge in [-0.25, -0.2) is 7.50 Å². The summed E-state index contributed by atoms with van der Waals surface area (Å²) in [6, 6.07) is 1.83. The molecule has 15 heavy (non-hydrogen) atoms. The average Bonchev–Trinajstić information content (AvgIpc) is 2.56. The van der Waals surface area contributed by atoms with E-state index in [0.717, 1.165) is 22.9 Å². The number of nitrogens with zero attached hydrogens (tertiary/aromatic N) is 2. The first kappa shape index (κ1) is 10.9. The third-order valence-electron chi connectivity index (χ3n) is 2.08. The van der Waals surface area contributed by atoms with Crippen molar-refractivity contribution >= 4 is 52.6 Å². The SMILES string of the molecule is Cc1cn(SOI)c2ncc(C=O)cc12. The third kappa shape index (κ3) is 2.01. The monoisotopic (exact) mass is 334 g/mol. The van der Waals surface area contributed by atoms with Crippen LogP contribution < -0.4 is 0 Å². The summed E-state index contributed by atoms with van der Waals surface area (Å²) in [4.78, 5) is 14.8. The Bertz CT molecular complexity index is 512. The molecule has 0 saturated heterocycles. The number of fused-ring (bicyclic) bond motifs is 1. The van der Waals surface area contributed by atoms with E-state index in [1.807, 2.05) is 23.2 Å². The Labute approximate surface area is 105 Å². The lowest BCUT2D eigenvalue weighted by Gasteiger charge is -1.98. The summed E-state index contributed by atoms with van der Waals surface area (Å²) < 4.78 is 6.77. The molecular formula is C9H7IN2O2S.